The van der Waals surface area contributed by atoms with Gasteiger partial charge in [-0.05, 0) is 49.1 Å². The molecule has 0 aliphatic rings. The molecule has 0 saturated heterocycles. The van der Waals surface area contributed by atoms with Crippen LogP contribution in [0.25, 0.3) is 11.3 Å². The predicted octanol–water partition coefficient (Wildman–Crippen LogP) is 4.35. The number of nitrogens with zero attached hydrogens (tertiary/aromatic N) is 4. The molecule has 0 unspecified atom stereocenters. The van der Waals surface area contributed by atoms with Crippen LogP contribution in [0.15, 0.2) is 53.4 Å². The molecule has 0 fully saturated rings. The Bertz CT molecular complexity index is 810. The molecule has 24 heavy (non-hydrogen) atoms. The van der Waals surface area contributed by atoms with Crippen LogP contribution in [0.5, 0.6) is 0 Å². The number of hydrogen-bond donors (Lipinski definition) is 0. The lowest BCUT2D eigenvalue weighted by Crippen LogP contribution is -2.32. The lowest BCUT2D eigenvalue weighted by molar-refractivity contribution is 0.155. The number of hydrogen-bond acceptors (Lipinski definition) is 4. The van der Waals surface area contributed by atoms with Crippen molar-refractivity contribution < 1.29 is 0 Å². The first-order valence-corrected chi connectivity index (χ1v) is 8.89. The lowest BCUT2D eigenvalue weighted by Gasteiger charge is -2.26. The van der Waals surface area contributed by atoms with E-state index in [9.17, 15) is 0 Å². The van der Waals surface area contributed by atoms with E-state index in [1.165, 1.54) is 11.1 Å². The van der Waals surface area contributed by atoms with Crippen LogP contribution in [-0.4, -0.2) is 20.7 Å². The zero-order valence-electron chi connectivity index (χ0n) is 13.9. The SMILES string of the molecule is CC(C)N(Cc1ccc(C#N)cc1)Cn1ccc(-c2ccsc2)n1. The molecule has 0 atom stereocenters. The number of rotatable bonds is 6. The topological polar surface area (TPSA) is 44.9 Å². The average molecular weight is 336 g/mol. The van der Waals surface area contributed by atoms with E-state index in [1.54, 1.807) is 11.3 Å². The number of nitriles is 1. The minimum Gasteiger partial charge on any atom is -0.278 e. The summed E-state index contributed by atoms with van der Waals surface area (Å²) in [5, 5.41) is 17.8. The molecule has 5 heteroatoms. The molecule has 3 rings (SSSR count). The maximum absolute atomic E-state index is 8.90. The predicted molar refractivity (Wildman–Crippen MR) is 97.4 cm³/mol. The van der Waals surface area contributed by atoms with Gasteiger partial charge in [0.1, 0.15) is 0 Å². The Morgan fingerprint density at radius 1 is 1.21 bits per heavy atom. The Hall–Kier alpha value is -2.42. The van der Waals surface area contributed by atoms with E-state index >= 15 is 0 Å². The van der Waals surface area contributed by atoms with Gasteiger partial charge in [-0.1, -0.05) is 12.1 Å². The van der Waals surface area contributed by atoms with Crippen LogP contribution >= 0.6 is 11.3 Å². The van der Waals surface area contributed by atoms with Crippen molar-refractivity contribution in [2.75, 3.05) is 0 Å². The minimum absolute atomic E-state index is 0.398. The van der Waals surface area contributed by atoms with Crippen LogP contribution in [0.4, 0.5) is 0 Å². The van der Waals surface area contributed by atoms with Crippen LogP contribution in [0.2, 0.25) is 0 Å². The van der Waals surface area contributed by atoms with Gasteiger partial charge in [-0.15, -0.1) is 0 Å². The second-order valence-corrected chi connectivity index (χ2v) is 6.82. The lowest BCUT2D eigenvalue weighted by atomic mass is 10.1. The van der Waals surface area contributed by atoms with Crippen LogP contribution in [0.1, 0.15) is 25.0 Å². The van der Waals surface area contributed by atoms with Gasteiger partial charge < -0.3 is 0 Å². The summed E-state index contributed by atoms with van der Waals surface area (Å²) in [6.45, 7) is 5.94. The van der Waals surface area contributed by atoms with Gasteiger partial charge in [-0.2, -0.15) is 21.7 Å². The second kappa shape index (κ2) is 7.43. The minimum atomic E-state index is 0.398. The molecule has 0 N–H and O–H groups in total. The second-order valence-electron chi connectivity index (χ2n) is 6.04. The van der Waals surface area contributed by atoms with E-state index in [0.717, 1.165) is 18.9 Å². The monoisotopic (exact) mass is 336 g/mol. The fourth-order valence-electron chi connectivity index (χ4n) is 2.51. The van der Waals surface area contributed by atoms with E-state index in [4.69, 9.17) is 5.26 Å². The zero-order chi connectivity index (χ0) is 16.9. The summed E-state index contributed by atoms with van der Waals surface area (Å²) in [5.74, 6) is 0. The molecule has 0 aliphatic carbocycles. The van der Waals surface area contributed by atoms with Crippen LogP contribution in [-0.2, 0) is 13.2 Å². The van der Waals surface area contributed by atoms with Crippen LogP contribution < -0.4 is 0 Å². The van der Waals surface area contributed by atoms with Gasteiger partial charge in [-0.3, -0.25) is 9.58 Å². The summed E-state index contributed by atoms with van der Waals surface area (Å²) in [7, 11) is 0. The quantitative estimate of drug-likeness (QED) is 0.672. The zero-order valence-corrected chi connectivity index (χ0v) is 14.7. The van der Waals surface area contributed by atoms with Crippen LogP contribution in [0, 0.1) is 11.3 Å². The largest absolute Gasteiger partial charge is 0.278 e. The molecule has 0 bridgehead atoms. The first-order valence-electron chi connectivity index (χ1n) is 7.95. The number of thiophene rings is 1. The number of benzene rings is 1. The smallest absolute Gasteiger partial charge is 0.0991 e. The maximum Gasteiger partial charge on any atom is 0.0991 e. The summed E-state index contributed by atoms with van der Waals surface area (Å²) < 4.78 is 1.98. The van der Waals surface area contributed by atoms with Crippen molar-refractivity contribution >= 4 is 11.3 Å². The third-order valence-electron chi connectivity index (χ3n) is 3.98. The standard InChI is InChI=1S/C19H20N4S/c1-15(2)22(12-17-5-3-16(11-20)4-6-17)14-23-9-7-19(21-23)18-8-10-24-13-18/h3-10,13,15H,12,14H2,1-2H3. The summed E-state index contributed by atoms with van der Waals surface area (Å²) >= 11 is 1.68. The van der Waals surface area contributed by atoms with Gasteiger partial charge >= 0.3 is 0 Å². The maximum atomic E-state index is 8.90. The van der Waals surface area contributed by atoms with Gasteiger partial charge in [0.2, 0.25) is 0 Å². The first kappa shape index (κ1) is 16.4. The number of aromatic nitrogens is 2. The molecular weight excluding hydrogens is 316 g/mol. The Kier molecular flexibility index (Phi) is 5.09. The highest BCUT2D eigenvalue weighted by Crippen LogP contribution is 2.20. The van der Waals surface area contributed by atoms with E-state index in [1.807, 2.05) is 35.1 Å². The summed E-state index contributed by atoms with van der Waals surface area (Å²) in [4.78, 5) is 2.35. The molecule has 3 aromatic rings. The van der Waals surface area contributed by atoms with Crippen molar-refractivity contribution in [2.45, 2.75) is 33.1 Å². The summed E-state index contributed by atoms with van der Waals surface area (Å²) in [5.41, 5.74) is 4.08. The van der Waals surface area contributed by atoms with Crippen molar-refractivity contribution in [2.24, 2.45) is 0 Å². The molecule has 2 aromatic heterocycles. The molecule has 4 nitrogen and oxygen atoms in total. The van der Waals surface area contributed by atoms with Gasteiger partial charge in [-0.25, -0.2) is 0 Å². The molecule has 1 aromatic carbocycles. The van der Waals surface area contributed by atoms with Crippen molar-refractivity contribution in [3.63, 3.8) is 0 Å². The van der Waals surface area contributed by atoms with Crippen molar-refractivity contribution in [1.82, 2.24) is 14.7 Å². The third-order valence-corrected chi connectivity index (χ3v) is 4.67. The van der Waals surface area contributed by atoms with E-state index in [-0.39, 0.29) is 0 Å². The molecule has 0 aliphatic heterocycles. The summed E-state index contributed by atoms with van der Waals surface area (Å²) in [6.07, 6.45) is 2.03. The van der Waals surface area contributed by atoms with E-state index in [2.05, 4.69) is 52.8 Å². The normalized spacial score (nSPS) is 11.1. The van der Waals surface area contributed by atoms with Gasteiger partial charge in [0, 0.05) is 29.7 Å². The Labute approximate surface area is 146 Å². The highest BCUT2D eigenvalue weighted by molar-refractivity contribution is 7.08. The highest BCUT2D eigenvalue weighted by Gasteiger charge is 2.12. The molecular formula is C19H20N4S. The molecule has 122 valence electrons. The van der Waals surface area contributed by atoms with E-state index in [0.29, 0.717) is 11.6 Å². The Balaban J connectivity index is 1.71. The molecule has 0 spiro atoms. The van der Waals surface area contributed by atoms with Crippen molar-refractivity contribution in [1.29, 1.82) is 5.26 Å². The highest BCUT2D eigenvalue weighted by atomic mass is 32.1. The first-order chi connectivity index (χ1) is 11.7. The molecule has 0 radical (unpaired) electrons. The Morgan fingerprint density at radius 3 is 2.62 bits per heavy atom. The van der Waals surface area contributed by atoms with Crippen molar-refractivity contribution in [3.05, 3.63) is 64.5 Å². The average Bonchev–Trinajstić information content (AvgIpc) is 3.26. The summed E-state index contributed by atoms with van der Waals surface area (Å²) in [6, 6.07) is 14.5. The fourth-order valence-corrected chi connectivity index (χ4v) is 3.16. The Morgan fingerprint density at radius 2 is 2.00 bits per heavy atom. The van der Waals surface area contributed by atoms with Crippen molar-refractivity contribution in [3.8, 4) is 17.3 Å². The molecule has 2 heterocycles. The van der Waals surface area contributed by atoms with Crippen LogP contribution in [0.3, 0.4) is 0 Å². The molecule has 0 amide bonds. The third kappa shape index (κ3) is 3.91. The fraction of sp³-hybridized carbons (Fsp3) is 0.263. The van der Waals surface area contributed by atoms with E-state index < -0.39 is 0 Å². The molecule has 0 saturated carbocycles. The van der Waals surface area contributed by atoms with Gasteiger partial charge in [0.15, 0.2) is 0 Å². The van der Waals surface area contributed by atoms with Gasteiger partial charge in [0.05, 0.1) is 24.0 Å². The van der Waals surface area contributed by atoms with Gasteiger partial charge in [0.25, 0.3) is 0 Å².